The molecule has 2 aromatic rings. The summed E-state index contributed by atoms with van der Waals surface area (Å²) in [6.07, 6.45) is 4.45. The number of rotatable bonds is 4. The monoisotopic (exact) mass is 467 g/mol. The summed E-state index contributed by atoms with van der Waals surface area (Å²) in [5.74, 6) is 0.143. The number of nitrogens with one attached hydrogen (secondary N) is 2. The molecule has 172 valence electrons. The van der Waals surface area contributed by atoms with E-state index in [2.05, 4.69) is 10.6 Å². The number of hydrogen-bond donors (Lipinski definition) is 2. The zero-order valence-electron chi connectivity index (χ0n) is 18.4. The number of amides is 3. The lowest BCUT2D eigenvalue weighted by Gasteiger charge is -2.25. The largest absolute Gasteiger partial charge is 0.496 e. The maximum atomic E-state index is 13.5. The van der Waals surface area contributed by atoms with Crippen LogP contribution in [-0.4, -0.2) is 48.4 Å². The Morgan fingerprint density at radius 3 is 2.64 bits per heavy atom. The lowest BCUT2D eigenvalue weighted by molar-refractivity contribution is -0.126. The van der Waals surface area contributed by atoms with Crippen molar-refractivity contribution >= 4 is 35.0 Å². The molecule has 7 nitrogen and oxygen atoms in total. The number of nitrogens with zero attached hydrogens (tertiary/aromatic N) is 1. The molecule has 5 rings (SSSR count). The zero-order chi connectivity index (χ0) is 23.1. The third-order valence-corrected chi connectivity index (χ3v) is 7.20. The minimum absolute atomic E-state index is 0.00306. The lowest BCUT2D eigenvalue weighted by Crippen LogP contribution is -2.52. The lowest BCUT2D eigenvalue weighted by atomic mass is 10.0. The minimum atomic E-state index is -0.723. The van der Waals surface area contributed by atoms with Gasteiger partial charge in [0.05, 0.1) is 24.4 Å². The third-order valence-electron chi connectivity index (χ3n) is 6.96. The van der Waals surface area contributed by atoms with Gasteiger partial charge in [-0.1, -0.05) is 30.5 Å². The Kier molecular flexibility index (Phi) is 5.74. The summed E-state index contributed by atoms with van der Waals surface area (Å²) in [7, 11) is 1.58. The minimum Gasteiger partial charge on any atom is -0.496 e. The van der Waals surface area contributed by atoms with Crippen molar-refractivity contribution < 1.29 is 19.1 Å². The van der Waals surface area contributed by atoms with E-state index in [0.717, 1.165) is 36.8 Å². The number of anilines is 1. The van der Waals surface area contributed by atoms with E-state index in [1.807, 2.05) is 6.07 Å². The van der Waals surface area contributed by atoms with Crippen molar-refractivity contribution in [2.75, 3.05) is 19.0 Å². The summed E-state index contributed by atoms with van der Waals surface area (Å²) < 4.78 is 5.47. The Balaban J connectivity index is 1.44. The van der Waals surface area contributed by atoms with Crippen molar-refractivity contribution in [1.82, 2.24) is 10.2 Å². The van der Waals surface area contributed by atoms with Crippen LogP contribution >= 0.6 is 11.6 Å². The molecule has 2 aliphatic heterocycles. The number of ether oxygens (including phenoxy) is 1. The number of methoxy groups -OCH3 is 1. The number of benzene rings is 2. The van der Waals surface area contributed by atoms with Crippen LogP contribution in [-0.2, 0) is 9.59 Å². The highest BCUT2D eigenvalue weighted by Gasteiger charge is 2.45. The summed E-state index contributed by atoms with van der Waals surface area (Å²) in [5.41, 5.74) is 2.40. The van der Waals surface area contributed by atoms with Crippen LogP contribution in [0.1, 0.15) is 42.5 Å². The van der Waals surface area contributed by atoms with Crippen LogP contribution in [0.2, 0.25) is 5.02 Å². The Labute approximate surface area is 197 Å². The van der Waals surface area contributed by atoms with E-state index in [0.29, 0.717) is 35.0 Å². The quantitative estimate of drug-likeness (QED) is 0.714. The van der Waals surface area contributed by atoms with Crippen molar-refractivity contribution in [3.63, 3.8) is 0 Å². The van der Waals surface area contributed by atoms with E-state index >= 15 is 0 Å². The van der Waals surface area contributed by atoms with Crippen molar-refractivity contribution in [1.29, 1.82) is 0 Å². The molecular weight excluding hydrogens is 442 g/mol. The van der Waals surface area contributed by atoms with Gasteiger partial charge in [-0.05, 0) is 55.2 Å². The van der Waals surface area contributed by atoms with Gasteiger partial charge in [0.1, 0.15) is 11.8 Å². The molecule has 33 heavy (non-hydrogen) atoms. The van der Waals surface area contributed by atoms with Crippen LogP contribution in [0, 0.1) is 5.92 Å². The average molecular weight is 468 g/mol. The topological polar surface area (TPSA) is 87.7 Å². The summed E-state index contributed by atoms with van der Waals surface area (Å²) in [5, 5.41) is 6.52. The Morgan fingerprint density at radius 2 is 1.88 bits per heavy atom. The van der Waals surface area contributed by atoms with Crippen molar-refractivity contribution in [2.24, 2.45) is 5.92 Å². The SMILES string of the molecule is COc1ccc(Cl)cc1-c1ccc2c(c1)C(=O)N1CC[C@H](NC(=O)C3CCCC3)[C@H]1C(=O)N2. The van der Waals surface area contributed by atoms with E-state index in [1.54, 1.807) is 42.3 Å². The predicted molar refractivity (Wildman–Crippen MR) is 125 cm³/mol. The summed E-state index contributed by atoms with van der Waals surface area (Å²) in [6, 6.07) is 9.52. The molecule has 2 atom stereocenters. The number of hydrogen-bond acceptors (Lipinski definition) is 4. The molecule has 2 N–H and O–H groups in total. The van der Waals surface area contributed by atoms with E-state index < -0.39 is 6.04 Å². The molecule has 2 heterocycles. The average Bonchev–Trinajstić information content (AvgIpc) is 3.47. The van der Waals surface area contributed by atoms with Crippen LogP contribution in [0.15, 0.2) is 36.4 Å². The molecule has 8 heteroatoms. The predicted octanol–water partition coefficient (Wildman–Crippen LogP) is 3.86. The first kappa shape index (κ1) is 21.8. The molecule has 2 aromatic carbocycles. The summed E-state index contributed by atoms with van der Waals surface area (Å²) in [4.78, 5) is 40.9. The fraction of sp³-hybridized carbons (Fsp3) is 0.400. The molecule has 0 radical (unpaired) electrons. The molecule has 2 fully saturated rings. The van der Waals surface area contributed by atoms with Crippen LogP contribution < -0.4 is 15.4 Å². The second-order valence-corrected chi connectivity index (χ2v) is 9.36. The first-order valence-electron chi connectivity index (χ1n) is 11.4. The van der Waals surface area contributed by atoms with Crippen molar-refractivity contribution in [3.8, 4) is 16.9 Å². The molecule has 0 unspecified atom stereocenters. The standard InChI is InChI=1S/C25H26ClN3O4/c1-33-21-9-7-16(26)13-17(21)15-6-8-19-18(12-15)25(32)29-11-10-20(22(29)24(31)27-19)28-23(30)14-4-2-3-5-14/h6-9,12-14,20,22H,2-5,10-11H2,1H3,(H,27,31)(H,28,30)/t20-,22-/m0/s1. The number of fused-ring (bicyclic) bond motifs is 2. The van der Waals surface area contributed by atoms with Gasteiger partial charge in [0, 0.05) is 23.0 Å². The highest BCUT2D eigenvalue weighted by Crippen LogP contribution is 2.37. The second kappa shape index (κ2) is 8.71. The van der Waals surface area contributed by atoms with Gasteiger partial charge in [0.15, 0.2) is 0 Å². The van der Waals surface area contributed by atoms with Crippen LogP contribution in [0.25, 0.3) is 11.1 Å². The molecular formula is C25H26ClN3O4. The van der Waals surface area contributed by atoms with Crippen LogP contribution in [0.4, 0.5) is 5.69 Å². The zero-order valence-corrected chi connectivity index (χ0v) is 19.2. The Bertz CT molecular complexity index is 1130. The molecule has 1 aliphatic carbocycles. The van der Waals surface area contributed by atoms with Gasteiger partial charge < -0.3 is 20.3 Å². The van der Waals surface area contributed by atoms with Gasteiger partial charge in [-0.25, -0.2) is 0 Å². The highest BCUT2D eigenvalue weighted by molar-refractivity contribution is 6.31. The summed E-state index contributed by atoms with van der Waals surface area (Å²) >= 11 is 6.20. The van der Waals surface area contributed by atoms with E-state index in [-0.39, 0.29) is 29.7 Å². The Hall–Kier alpha value is -3.06. The van der Waals surface area contributed by atoms with Crippen LogP contribution in [0.3, 0.4) is 0 Å². The molecule has 0 aromatic heterocycles. The maximum absolute atomic E-state index is 13.5. The fourth-order valence-corrected chi connectivity index (χ4v) is 5.42. The van der Waals surface area contributed by atoms with Crippen molar-refractivity contribution in [2.45, 2.75) is 44.2 Å². The van der Waals surface area contributed by atoms with Gasteiger partial charge in [0.2, 0.25) is 11.8 Å². The first-order valence-corrected chi connectivity index (χ1v) is 11.7. The molecule has 0 spiro atoms. The van der Waals surface area contributed by atoms with E-state index in [4.69, 9.17) is 16.3 Å². The van der Waals surface area contributed by atoms with Crippen molar-refractivity contribution in [3.05, 3.63) is 47.0 Å². The smallest absolute Gasteiger partial charge is 0.256 e. The fourth-order valence-electron chi connectivity index (χ4n) is 5.25. The highest BCUT2D eigenvalue weighted by atomic mass is 35.5. The molecule has 3 amide bonds. The molecule has 0 bridgehead atoms. The summed E-state index contributed by atoms with van der Waals surface area (Å²) in [6.45, 7) is 0.413. The van der Waals surface area contributed by atoms with Crippen LogP contribution in [0.5, 0.6) is 5.75 Å². The Morgan fingerprint density at radius 1 is 1.09 bits per heavy atom. The van der Waals surface area contributed by atoms with Gasteiger partial charge in [-0.2, -0.15) is 0 Å². The van der Waals surface area contributed by atoms with Gasteiger partial charge >= 0.3 is 0 Å². The molecule has 1 saturated heterocycles. The normalized spacial score (nSPS) is 22.4. The van der Waals surface area contributed by atoms with Gasteiger partial charge in [0.25, 0.3) is 5.91 Å². The van der Waals surface area contributed by atoms with Gasteiger partial charge in [-0.15, -0.1) is 0 Å². The first-order chi connectivity index (χ1) is 16.0. The number of carbonyl (C=O) groups is 3. The van der Waals surface area contributed by atoms with Gasteiger partial charge in [-0.3, -0.25) is 14.4 Å². The number of carbonyl (C=O) groups excluding carboxylic acids is 3. The molecule has 3 aliphatic rings. The third kappa shape index (κ3) is 3.95. The molecule has 1 saturated carbocycles. The maximum Gasteiger partial charge on any atom is 0.256 e. The number of halogens is 1. The van der Waals surface area contributed by atoms with E-state index in [9.17, 15) is 14.4 Å². The van der Waals surface area contributed by atoms with E-state index in [1.165, 1.54) is 0 Å². The second-order valence-electron chi connectivity index (χ2n) is 8.92.